The summed E-state index contributed by atoms with van der Waals surface area (Å²) in [6, 6.07) is 0. The maximum absolute atomic E-state index is 10.3. The molecule has 0 rings (SSSR count). The summed E-state index contributed by atoms with van der Waals surface area (Å²) in [5, 5.41) is 27.9. The van der Waals surface area contributed by atoms with E-state index in [0.717, 1.165) is 12.8 Å². The maximum atomic E-state index is 10.3. The summed E-state index contributed by atoms with van der Waals surface area (Å²) in [6.07, 6.45) is 17.3. The first-order chi connectivity index (χ1) is 11.1. The molecule has 0 heterocycles. The number of hydrogen-bond donors (Lipinski definition) is 3. The van der Waals surface area contributed by atoms with Crippen molar-refractivity contribution < 1.29 is 20.1 Å². The third-order valence-electron chi connectivity index (χ3n) is 3.49. The minimum atomic E-state index is -0.838. The molecule has 0 saturated heterocycles. The fourth-order valence-corrected chi connectivity index (χ4v) is 2.13. The van der Waals surface area contributed by atoms with Crippen molar-refractivity contribution in [2.75, 3.05) is 0 Å². The van der Waals surface area contributed by atoms with Crippen LogP contribution in [-0.2, 0) is 4.79 Å². The van der Waals surface area contributed by atoms with Crippen molar-refractivity contribution in [1.82, 2.24) is 0 Å². The average Bonchev–Trinajstić information content (AvgIpc) is 2.50. The van der Waals surface area contributed by atoms with Crippen LogP contribution in [0.25, 0.3) is 0 Å². The lowest BCUT2D eigenvalue weighted by atomic mass is 10.1. The van der Waals surface area contributed by atoms with Crippen LogP contribution in [0.1, 0.15) is 64.7 Å². The van der Waals surface area contributed by atoms with Crippen LogP contribution in [0.4, 0.5) is 0 Å². The highest BCUT2D eigenvalue weighted by atomic mass is 16.4. The Balaban J connectivity index is 3.73. The van der Waals surface area contributed by atoms with Gasteiger partial charge in [-0.05, 0) is 19.3 Å². The number of aliphatic hydroxyl groups excluding tert-OH is 2. The number of unbranched alkanes of at least 4 members (excludes halogenated alkanes) is 4. The van der Waals surface area contributed by atoms with Crippen LogP contribution in [-0.4, -0.2) is 33.5 Å². The van der Waals surface area contributed by atoms with Crippen molar-refractivity contribution in [3.63, 3.8) is 0 Å². The Bertz CT molecular complexity index is 372. The first kappa shape index (κ1) is 21.6. The van der Waals surface area contributed by atoms with E-state index in [9.17, 15) is 15.0 Å². The molecule has 0 fully saturated rings. The van der Waals surface area contributed by atoms with Gasteiger partial charge in [-0.1, -0.05) is 75.5 Å². The zero-order chi connectivity index (χ0) is 17.3. The molecule has 0 bridgehead atoms. The third-order valence-corrected chi connectivity index (χ3v) is 3.49. The molecule has 2 unspecified atom stereocenters. The Morgan fingerprint density at radius 3 is 1.87 bits per heavy atom. The molecule has 0 aliphatic rings. The van der Waals surface area contributed by atoms with Crippen LogP contribution in [0.2, 0.25) is 0 Å². The smallest absolute Gasteiger partial charge is 0.303 e. The Morgan fingerprint density at radius 1 is 0.826 bits per heavy atom. The predicted molar refractivity (Wildman–Crippen MR) is 94.3 cm³/mol. The summed E-state index contributed by atoms with van der Waals surface area (Å²) in [5.74, 6) is -0.838. The second-order valence-corrected chi connectivity index (χ2v) is 5.78. The van der Waals surface area contributed by atoms with Gasteiger partial charge in [-0.15, -0.1) is 0 Å². The van der Waals surface area contributed by atoms with Crippen LogP contribution in [0.3, 0.4) is 0 Å². The number of hydrogen-bond acceptors (Lipinski definition) is 3. The largest absolute Gasteiger partial charge is 0.481 e. The molecule has 4 heteroatoms. The van der Waals surface area contributed by atoms with Crippen LogP contribution in [0.5, 0.6) is 0 Å². The standard InChI is InChI=1S/C19H32O4/c1-2-3-4-5-8-12-17(20)13-9-6-7-10-14-18(21)15-11-16-19(22)23/h6-7,9-10,13-14,17-18,20-21H,2-5,8,11-12,15-16H2,1H3,(H,22,23)/b7-6+,13-9+,14-10+. The van der Waals surface area contributed by atoms with E-state index in [1.807, 2.05) is 0 Å². The van der Waals surface area contributed by atoms with E-state index >= 15 is 0 Å². The van der Waals surface area contributed by atoms with Crippen molar-refractivity contribution in [2.45, 2.75) is 76.9 Å². The molecule has 0 saturated carbocycles. The Labute approximate surface area is 140 Å². The summed E-state index contributed by atoms with van der Waals surface area (Å²) in [7, 11) is 0. The van der Waals surface area contributed by atoms with Crippen LogP contribution in [0.15, 0.2) is 36.5 Å². The summed E-state index contributed by atoms with van der Waals surface area (Å²) in [5.41, 5.74) is 0. The van der Waals surface area contributed by atoms with E-state index in [-0.39, 0.29) is 6.42 Å². The molecule has 0 aromatic rings. The molecule has 2 atom stereocenters. The Morgan fingerprint density at radius 2 is 1.35 bits per heavy atom. The van der Waals surface area contributed by atoms with Gasteiger partial charge < -0.3 is 15.3 Å². The van der Waals surface area contributed by atoms with E-state index in [2.05, 4.69) is 6.92 Å². The molecule has 0 radical (unpaired) electrons. The molecule has 0 aliphatic carbocycles. The first-order valence-electron chi connectivity index (χ1n) is 8.65. The van der Waals surface area contributed by atoms with Gasteiger partial charge in [-0.2, -0.15) is 0 Å². The summed E-state index contributed by atoms with van der Waals surface area (Å²) in [6.45, 7) is 2.19. The monoisotopic (exact) mass is 324 g/mol. The second-order valence-electron chi connectivity index (χ2n) is 5.78. The lowest BCUT2D eigenvalue weighted by molar-refractivity contribution is -0.137. The summed E-state index contributed by atoms with van der Waals surface area (Å²) in [4.78, 5) is 10.3. The number of aliphatic hydroxyl groups is 2. The number of carboxylic acid groups (broad SMARTS) is 1. The normalized spacial score (nSPS) is 14.9. The van der Waals surface area contributed by atoms with Crippen molar-refractivity contribution >= 4 is 5.97 Å². The van der Waals surface area contributed by atoms with E-state index in [1.165, 1.54) is 25.7 Å². The van der Waals surface area contributed by atoms with Gasteiger partial charge in [-0.3, -0.25) is 4.79 Å². The number of carbonyl (C=O) groups is 1. The van der Waals surface area contributed by atoms with Gasteiger partial charge in [0, 0.05) is 6.42 Å². The predicted octanol–water partition coefficient (Wildman–Crippen LogP) is 3.99. The fraction of sp³-hybridized carbons (Fsp3) is 0.632. The lowest BCUT2D eigenvalue weighted by Crippen LogP contribution is -2.03. The van der Waals surface area contributed by atoms with Crippen molar-refractivity contribution in [3.05, 3.63) is 36.5 Å². The van der Waals surface area contributed by atoms with E-state index < -0.39 is 18.2 Å². The van der Waals surface area contributed by atoms with Gasteiger partial charge in [0.25, 0.3) is 0 Å². The van der Waals surface area contributed by atoms with E-state index in [4.69, 9.17) is 5.11 Å². The summed E-state index contributed by atoms with van der Waals surface area (Å²) < 4.78 is 0. The number of allylic oxidation sites excluding steroid dienone is 4. The molecule has 0 aromatic carbocycles. The number of rotatable bonds is 14. The van der Waals surface area contributed by atoms with E-state index in [0.29, 0.717) is 12.8 Å². The van der Waals surface area contributed by atoms with Crippen molar-refractivity contribution in [2.24, 2.45) is 0 Å². The molecule has 3 N–H and O–H groups in total. The van der Waals surface area contributed by atoms with Crippen molar-refractivity contribution in [1.29, 1.82) is 0 Å². The average molecular weight is 324 g/mol. The topological polar surface area (TPSA) is 77.8 Å². The van der Waals surface area contributed by atoms with Crippen LogP contribution < -0.4 is 0 Å². The first-order valence-corrected chi connectivity index (χ1v) is 8.65. The van der Waals surface area contributed by atoms with Crippen LogP contribution >= 0.6 is 0 Å². The van der Waals surface area contributed by atoms with Gasteiger partial charge in [0.05, 0.1) is 12.2 Å². The third kappa shape index (κ3) is 16.8. The quantitative estimate of drug-likeness (QED) is 0.333. The number of carboxylic acids is 1. The maximum Gasteiger partial charge on any atom is 0.303 e. The molecule has 4 nitrogen and oxygen atoms in total. The van der Waals surface area contributed by atoms with Gasteiger partial charge in [0.1, 0.15) is 0 Å². The molecule has 0 aliphatic heterocycles. The second kappa shape index (κ2) is 15.5. The lowest BCUT2D eigenvalue weighted by Gasteiger charge is -2.04. The zero-order valence-corrected chi connectivity index (χ0v) is 14.2. The highest BCUT2D eigenvalue weighted by Gasteiger charge is 2.01. The van der Waals surface area contributed by atoms with Gasteiger partial charge in [0.2, 0.25) is 0 Å². The van der Waals surface area contributed by atoms with Gasteiger partial charge in [0.15, 0.2) is 0 Å². The molecule has 0 spiro atoms. The minimum absolute atomic E-state index is 0.0831. The summed E-state index contributed by atoms with van der Waals surface area (Å²) >= 11 is 0. The molecule has 0 amide bonds. The molecule has 132 valence electrons. The van der Waals surface area contributed by atoms with Gasteiger partial charge in [-0.25, -0.2) is 0 Å². The van der Waals surface area contributed by atoms with E-state index in [1.54, 1.807) is 36.5 Å². The highest BCUT2D eigenvalue weighted by Crippen LogP contribution is 2.08. The zero-order valence-electron chi connectivity index (χ0n) is 14.2. The molecular formula is C19H32O4. The minimum Gasteiger partial charge on any atom is -0.481 e. The molecular weight excluding hydrogens is 292 g/mol. The van der Waals surface area contributed by atoms with Crippen LogP contribution in [0, 0.1) is 0 Å². The molecule has 0 aromatic heterocycles. The Kier molecular flexibility index (Phi) is 14.6. The fourth-order valence-electron chi connectivity index (χ4n) is 2.13. The molecule has 23 heavy (non-hydrogen) atoms. The van der Waals surface area contributed by atoms with Gasteiger partial charge >= 0.3 is 5.97 Å². The SMILES string of the molecule is CCCCCCCC(O)/C=C/C=C/C=C/C(O)CCCC(=O)O. The van der Waals surface area contributed by atoms with Crippen molar-refractivity contribution in [3.8, 4) is 0 Å². The Hall–Kier alpha value is -1.39. The highest BCUT2D eigenvalue weighted by molar-refractivity contribution is 5.66. The number of aliphatic carboxylic acids is 1.